The van der Waals surface area contributed by atoms with Gasteiger partial charge < -0.3 is 20.8 Å². The Kier molecular flexibility index (Phi) is 8.80. The number of amides is 1. The third-order valence-corrected chi connectivity index (χ3v) is 11.1. The van der Waals surface area contributed by atoms with E-state index in [-0.39, 0.29) is 52.4 Å². The van der Waals surface area contributed by atoms with Crippen molar-refractivity contribution in [3.63, 3.8) is 0 Å². The van der Waals surface area contributed by atoms with E-state index in [1.807, 2.05) is 6.92 Å². The van der Waals surface area contributed by atoms with Gasteiger partial charge in [-0.3, -0.25) is 9.59 Å². The first-order chi connectivity index (χ1) is 19.1. The van der Waals surface area contributed by atoms with Crippen LogP contribution in [0.2, 0.25) is 5.02 Å². The first kappa shape index (κ1) is 31.3. The van der Waals surface area contributed by atoms with E-state index in [2.05, 4.69) is 10.6 Å². The van der Waals surface area contributed by atoms with Gasteiger partial charge in [0.25, 0.3) is 5.91 Å². The number of fused-ring (bicyclic) bond motifs is 2. The molecule has 2 bridgehead atoms. The van der Waals surface area contributed by atoms with Crippen LogP contribution in [0.1, 0.15) is 50.4 Å². The molecule has 8 nitrogen and oxygen atoms in total. The van der Waals surface area contributed by atoms with E-state index in [1.165, 1.54) is 12.1 Å². The number of anilines is 1. The molecule has 0 saturated heterocycles. The molecule has 41 heavy (non-hydrogen) atoms. The van der Waals surface area contributed by atoms with E-state index in [1.54, 1.807) is 13.8 Å². The van der Waals surface area contributed by atoms with Crippen LogP contribution in [-0.4, -0.2) is 53.9 Å². The van der Waals surface area contributed by atoms with E-state index in [9.17, 15) is 41.4 Å². The van der Waals surface area contributed by atoms with E-state index >= 15 is 0 Å². The number of hydrogen-bond donors (Lipinski definition) is 4. The number of hydrogen-bond acceptors (Lipinski definition) is 6. The van der Waals surface area contributed by atoms with Crippen LogP contribution >= 0.6 is 11.6 Å². The molecule has 4 rings (SSSR count). The second kappa shape index (κ2) is 11.5. The zero-order valence-corrected chi connectivity index (χ0v) is 24.2. The quantitative estimate of drug-likeness (QED) is 0.302. The van der Waals surface area contributed by atoms with Gasteiger partial charge in [0, 0.05) is 29.9 Å². The van der Waals surface area contributed by atoms with Gasteiger partial charge in [-0.15, -0.1) is 0 Å². The standard InChI is InChI=1S/C28H32ClF3N2O6S/c1-13(2)25(27(36)37)33-12-28(38)16-6-14(3)19(28)11-18(8-16)41(39,40)23-7-15(4-5-20(23)29)26(35)34-17-9-21(30)24(32)22(31)10-17/h4-5,7,9-10,13-14,16,18-19,25,33,38H,6,8,11-12H2,1-3H3,(H,34,35)(H,36,37)/t14-,16?,18+,19?,25-,28+/m0/s1. The molecule has 0 radical (unpaired) electrons. The molecule has 2 aliphatic rings. The van der Waals surface area contributed by atoms with Crippen LogP contribution in [0.15, 0.2) is 35.2 Å². The Morgan fingerprint density at radius 1 is 1.10 bits per heavy atom. The van der Waals surface area contributed by atoms with Crippen LogP contribution in [0.25, 0.3) is 0 Å². The summed E-state index contributed by atoms with van der Waals surface area (Å²) in [6, 6.07) is 3.88. The highest BCUT2D eigenvalue weighted by molar-refractivity contribution is 7.92. The van der Waals surface area contributed by atoms with Crippen molar-refractivity contribution in [1.29, 1.82) is 0 Å². The molecular weight excluding hydrogens is 585 g/mol. The fourth-order valence-corrected chi connectivity index (χ4v) is 8.71. The summed E-state index contributed by atoms with van der Waals surface area (Å²) in [6.45, 7) is 5.45. The summed E-state index contributed by atoms with van der Waals surface area (Å²) < 4.78 is 68.0. The molecule has 224 valence electrons. The Labute approximate surface area is 241 Å². The molecule has 2 fully saturated rings. The highest BCUT2D eigenvalue weighted by atomic mass is 35.5. The van der Waals surface area contributed by atoms with Gasteiger partial charge >= 0.3 is 5.97 Å². The molecule has 2 aliphatic carbocycles. The molecular formula is C28H32ClF3N2O6S. The van der Waals surface area contributed by atoms with Gasteiger partial charge in [0.15, 0.2) is 27.3 Å². The number of carboxylic acids is 1. The van der Waals surface area contributed by atoms with Crippen molar-refractivity contribution in [2.75, 3.05) is 11.9 Å². The number of carbonyl (C=O) groups excluding carboxylic acids is 1. The van der Waals surface area contributed by atoms with Gasteiger partial charge in [-0.2, -0.15) is 0 Å². The molecule has 13 heteroatoms. The molecule has 0 aromatic heterocycles. The fourth-order valence-electron chi connectivity index (χ4n) is 6.33. The van der Waals surface area contributed by atoms with E-state index in [0.717, 1.165) is 6.07 Å². The third kappa shape index (κ3) is 5.97. The van der Waals surface area contributed by atoms with Crippen LogP contribution < -0.4 is 10.6 Å². The second-order valence-electron chi connectivity index (χ2n) is 11.4. The first-order valence-electron chi connectivity index (χ1n) is 13.2. The lowest BCUT2D eigenvalue weighted by molar-refractivity contribution is -0.141. The number of carbonyl (C=O) groups is 2. The van der Waals surface area contributed by atoms with E-state index in [0.29, 0.717) is 18.6 Å². The molecule has 2 aromatic carbocycles. The maximum Gasteiger partial charge on any atom is 0.320 e. The molecule has 6 atom stereocenters. The number of aliphatic carboxylic acids is 1. The van der Waals surface area contributed by atoms with Gasteiger partial charge in [0.2, 0.25) is 0 Å². The molecule has 2 saturated carbocycles. The number of nitrogens with one attached hydrogen (secondary N) is 2. The average Bonchev–Trinajstić information content (AvgIpc) is 2.99. The maximum atomic E-state index is 13.8. The Morgan fingerprint density at radius 2 is 1.73 bits per heavy atom. The molecule has 2 unspecified atom stereocenters. The Morgan fingerprint density at radius 3 is 2.29 bits per heavy atom. The van der Waals surface area contributed by atoms with Crippen molar-refractivity contribution in [1.82, 2.24) is 5.32 Å². The minimum absolute atomic E-state index is 0.00950. The molecule has 4 N–H and O–H groups in total. The fraction of sp³-hybridized carbons (Fsp3) is 0.500. The number of benzene rings is 2. The van der Waals surface area contributed by atoms with Crippen molar-refractivity contribution >= 4 is 39.0 Å². The topological polar surface area (TPSA) is 133 Å². The highest BCUT2D eigenvalue weighted by Crippen LogP contribution is 2.54. The summed E-state index contributed by atoms with van der Waals surface area (Å²) in [5.41, 5.74) is -1.81. The van der Waals surface area contributed by atoms with Crippen molar-refractivity contribution in [2.45, 2.75) is 61.8 Å². The van der Waals surface area contributed by atoms with Gasteiger partial charge in [-0.25, -0.2) is 21.6 Å². The minimum Gasteiger partial charge on any atom is -0.480 e. The molecule has 0 heterocycles. The highest BCUT2D eigenvalue weighted by Gasteiger charge is 2.58. The second-order valence-corrected chi connectivity index (χ2v) is 14.0. The average molecular weight is 617 g/mol. The van der Waals surface area contributed by atoms with Crippen molar-refractivity contribution in [3.05, 3.63) is 58.4 Å². The van der Waals surface area contributed by atoms with Gasteiger partial charge in [0.1, 0.15) is 6.04 Å². The summed E-state index contributed by atoms with van der Waals surface area (Å²) in [4.78, 5) is 24.1. The van der Waals surface area contributed by atoms with Crippen LogP contribution in [-0.2, 0) is 14.6 Å². The number of sulfone groups is 1. The molecule has 0 spiro atoms. The lowest BCUT2D eigenvalue weighted by Crippen LogP contribution is -2.57. The number of rotatable bonds is 9. The maximum absolute atomic E-state index is 13.8. The van der Waals surface area contributed by atoms with Crippen molar-refractivity contribution in [2.24, 2.45) is 23.7 Å². The SMILES string of the molecule is CC(C)[C@H](NC[C@@]1(O)C2C[C@@H](S(=O)(=O)c3cc(C(=O)Nc4cc(F)c(F)c(F)c4)ccc3Cl)CC1[C@@H](C)C2)C(=O)O. The zero-order valence-electron chi connectivity index (χ0n) is 22.6. The monoisotopic (exact) mass is 616 g/mol. The van der Waals surface area contributed by atoms with Crippen molar-refractivity contribution < 1.29 is 41.4 Å². The van der Waals surface area contributed by atoms with Gasteiger partial charge in [0.05, 0.1) is 20.8 Å². The smallest absolute Gasteiger partial charge is 0.320 e. The van der Waals surface area contributed by atoms with Gasteiger partial charge in [-0.05, 0) is 61.1 Å². The van der Waals surface area contributed by atoms with Gasteiger partial charge in [-0.1, -0.05) is 32.4 Å². The number of carboxylic acid groups (broad SMARTS) is 1. The normalized spacial score (nSPS) is 26.7. The summed E-state index contributed by atoms with van der Waals surface area (Å²) in [7, 11) is -4.11. The molecule has 1 amide bonds. The molecule has 0 aliphatic heterocycles. The van der Waals surface area contributed by atoms with E-state index < -0.39 is 67.9 Å². The summed E-state index contributed by atoms with van der Waals surface area (Å²) in [6.07, 6.45) is 0.787. The Bertz CT molecular complexity index is 1450. The van der Waals surface area contributed by atoms with Crippen molar-refractivity contribution in [3.8, 4) is 0 Å². The predicted octanol–water partition coefficient (Wildman–Crippen LogP) is 4.65. The lowest BCUT2D eigenvalue weighted by atomic mass is 9.73. The largest absolute Gasteiger partial charge is 0.480 e. The first-order valence-corrected chi connectivity index (χ1v) is 15.2. The predicted molar refractivity (Wildman–Crippen MR) is 146 cm³/mol. The summed E-state index contributed by atoms with van der Waals surface area (Å²) in [5, 5.41) is 25.3. The van der Waals surface area contributed by atoms with Crippen LogP contribution in [0.5, 0.6) is 0 Å². The van der Waals surface area contributed by atoms with Crippen LogP contribution in [0, 0.1) is 41.1 Å². The third-order valence-electron chi connectivity index (χ3n) is 8.47. The Balaban J connectivity index is 1.56. The zero-order chi connectivity index (χ0) is 30.4. The summed E-state index contributed by atoms with van der Waals surface area (Å²) >= 11 is 6.27. The number of halogens is 4. The lowest BCUT2D eigenvalue weighted by Gasteiger charge is -2.44. The Hall–Kier alpha value is -2.67. The van der Waals surface area contributed by atoms with E-state index in [4.69, 9.17) is 11.6 Å². The minimum atomic E-state index is -4.11. The number of aliphatic hydroxyl groups is 1. The molecule has 2 aromatic rings. The van der Waals surface area contributed by atoms with Crippen LogP contribution in [0.3, 0.4) is 0 Å². The van der Waals surface area contributed by atoms with Crippen LogP contribution in [0.4, 0.5) is 18.9 Å². The summed E-state index contributed by atoms with van der Waals surface area (Å²) in [5.74, 6) is -7.70.